The molecule has 1 aromatic rings. The van der Waals surface area contributed by atoms with Gasteiger partial charge in [0.2, 0.25) is 0 Å². The second-order valence-corrected chi connectivity index (χ2v) is 7.88. The largest absolute Gasteiger partial charge is 0.396 e. The second kappa shape index (κ2) is 4.48. The Morgan fingerprint density at radius 2 is 2.23 bits per heavy atom. The number of nitrogens with one attached hydrogen (secondary N) is 1. The number of aliphatic hydroxyl groups is 1. The number of hydrogen-bond donors (Lipinski definition) is 2. The first kappa shape index (κ1) is 13.4. The van der Waals surface area contributed by atoms with Crippen molar-refractivity contribution < 1.29 is 5.11 Å². The minimum Gasteiger partial charge on any atom is -0.396 e. The fraction of sp³-hybridized carbons (Fsp3) is 0.684. The van der Waals surface area contributed by atoms with Gasteiger partial charge in [-0.15, -0.1) is 0 Å². The molecule has 1 unspecified atom stereocenters. The Labute approximate surface area is 132 Å². The highest BCUT2D eigenvalue weighted by Crippen LogP contribution is 2.61. The van der Waals surface area contributed by atoms with Crippen molar-refractivity contribution in [2.24, 2.45) is 17.8 Å². The molecule has 5 rings (SSSR count). The Balaban J connectivity index is 1.68. The van der Waals surface area contributed by atoms with Crippen LogP contribution >= 0.6 is 0 Å². The third-order valence-electron chi connectivity index (χ3n) is 7.43. The predicted molar refractivity (Wildman–Crippen MR) is 88.0 cm³/mol. The molecular formula is C19H26N2O. The molecule has 2 saturated heterocycles. The molecule has 1 saturated carbocycles. The summed E-state index contributed by atoms with van der Waals surface area (Å²) in [6.07, 6.45) is 3.79. The lowest BCUT2D eigenvalue weighted by Gasteiger charge is -2.56. The third kappa shape index (κ3) is 1.40. The lowest BCUT2D eigenvalue weighted by molar-refractivity contribution is -0.0363. The monoisotopic (exact) mass is 298 g/mol. The summed E-state index contributed by atoms with van der Waals surface area (Å²) in [7, 11) is 0. The second-order valence-electron chi connectivity index (χ2n) is 7.88. The summed E-state index contributed by atoms with van der Waals surface area (Å²) >= 11 is 0. The maximum atomic E-state index is 10.2. The highest BCUT2D eigenvalue weighted by atomic mass is 16.3. The van der Waals surface area contributed by atoms with Crippen molar-refractivity contribution in [2.75, 3.05) is 25.0 Å². The van der Waals surface area contributed by atoms with Gasteiger partial charge in [-0.05, 0) is 42.9 Å². The van der Waals surface area contributed by atoms with Gasteiger partial charge in [0, 0.05) is 42.3 Å². The summed E-state index contributed by atoms with van der Waals surface area (Å²) in [6, 6.07) is 10.0. The van der Waals surface area contributed by atoms with Crippen molar-refractivity contribution in [1.29, 1.82) is 0 Å². The number of hydrogen-bond acceptors (Lipinski definition) is 3. The Bertz CT molecular complexity index is 603. The van der Waals surface area contributed by atoms with E-state index in [1.807, 2.05) is 0 Å². The van der Waals surface area contributed by atoms with Gasteiger partial charge in [0.15, 0.2) is 0 Å². The quantitative estimate of drug-likeness (QED) is 0.880. The summed E-state index contributed by atoms with van der Waals surface area (Å²) in [5.74, 6) is 1.86. The molecule has 1 aliphatic carbocycles. The number of anilines is 1. The Kier molecular flexibility index (Phi) is 2.73. The van der Waals surface area contributed by atoms with Crippen LogP contribution in [0.1, 0.15) is 31.7 Å². The molecule has 22 heavy (non-hydrogen) atoms. The number of benzene rings is 1. The number of aliphatic hydroxyl groups excluding tert-OH is 1. The van der Waals surface area contributed by atoms with Gasteiger partial charge >= 0.3 is 0 Å². The van der Waals surface area contributed by atoms with Crippen LogP contribution in [0, 0.1) is 17.8 Å². The van der Waals surface area contributed by atoms with Crippen molar-refractivity contribution in [2.45, 2.75) is 43.7 Å². The lowest BCUT2D eigenvalue weighted by Crippen LogP contribution is -2.64. The fourth-order valence-electron chi connectivity index (χ4n) is 6.53. The lowest BCUT2D eigenvalue weighted by atomic mass is 9.54. The molecule has 118 valence electrons. The average Bonchev–Trinajstić information content (AvgIpc) is 3.11. The van der Waals surface area contributed by atoms with Crippen molar-refractivity contribution in [3.8, 4) is 0 Å². The first-order valence-corrected chi connectivity index (χ1v) is 9.00. The molecule has 0 aromatic heterocycles. The van der Waals surface area contributed by atoms with Crippen molar-refractivity contribution in [1.82, 2.24) is 4.90 Å². The Hall–Kier alpha value is -1.06. The normalized spacial score (nSPS) is 45.3. The van der Waals surface area contributed by atoms with Gasteiger partial charge in [0.05, 0.1) is 0 Å². The zero-order chi connectivity index (χ0) is 14.9. The predicted octanol–water partition coefficient (Wildman–Crippen LogP) is 2.46. The summed E-state index contributed by atoms with van der Waals surface area (Å²) in [6.45, 7) is 5.15. The molecule has 3 heteroatoms. The molecule has 2 bridgehead atoms. The van der Waals surface area contributed by atoms with Crippen molar-refractivity contribution in [3.63, 3.8) is 0 Å². The van der Waals surface area contributed by atoms with Gasteiger partial charge in [0.1, 0.15) is 0 Å². The van der Waals surface area contributed by atoms with Gasteiger partial charge in [-0.2, -0.15) is 0 Å². The van der Waals surface area contributed by atoms with E-state index in [2.05, 4.69) is 41.4 Å². The van der Waals surface area contributed by atoms with Gasteiger partial charge in [-0.1, -0.05) is 31.5 Å². The standard InChI is InChI=1S/C19H26N2O/c1-2-12-10-21-8-7-19-15-5-3-4-6-16(15)20-18(19)14(11-22)13(12)9-17(19)21/h3-6,12-14,17-18,20,22H,2,7-11H2,1H3/t12-,13+,14+,17+,18+,19?/m1/s1. The van der Waals surface area contributed by atoms with Gasteiger partial charge in [0.25, 0.3) is 0 Å². The summed E-state index contributed by atoms with van der Waals surface area (Å²) in [5, 5.41) is 14.1. The van der Waals surface area contributed by atoms with Crippen molar-refractivity contribution >= 4 is 5.69 Å². The first-order valence-electron chi connectivity index (χ1n) is 9.00. The number of rotatable bonds is 2. The number of nitrogens with zero attached hydrogens (tertiary/aromatic N) is 1. The SMILES string of the molecule is CC[C@@H]1CN2CCC34c5ccccc5N[C@H]3[C@@H](CO)[C@H]1C[C@H]24. The topological polar surface area (TPSA) is 35.5 Å². The van der Waals surface area contributed by atoms with E-state index < -0.39 is 0 Å². The van der Waals surface area contributed by atoms with Crippen LogP contribution in [0.4, 0.5) is 5.69 Å². The molecule has 4 aliphatic rings. The first-order chi connectivity index (χ1) is 10.8. The van der Waals surface area contributed by atoms with Gasteiger partial charge in [-0.25, -0.2) is 0 Å². The van der Waals surface area contributed by atoms with E-state index in [1.54, 1.807) is 0 Å². The number of para-hydroxylation sites is 1. The Morgan fingerprint density at radius 1 is 1.36 bits per heavy atom. The van der Waals surface area contributed by atoms with Crippen LogP contribution in [0.15, 0.2) is 24.3 Å². The van der Waals surface area contributed by atoms with Gasteiger partial charge < -0.3 is 10.4 Å². The maximum Gasteiger partial charge on any atom is 0.0481 e. The molecule has 3 fully saturated rings. The zero-order valence-corrected chi connectivity index (χ0v) is 13.3. The highest BCUT2D eigenvalue weighted by molar-refractivity contribution is 5.64. The maximum absolute atomic E-state index is 10.2. The van der Waals surface area contributed by atoms with Crippen LogP contribution in [-0.2, 0) is 5.41 Å². The average molecular weight is 298 g/mol. The number of piperidine rings is 1. The summed E-state index contributed by atoms with van der Waals surface area (Å²) in [5.41, 5.74) is 3.10. The Morgan fingerprint density at radius 3 is 3.05 bits per heavy atom. The van der Waals surface area contributed by atoms with Crippen LogP contribution in [0.25, 0.3) is 0 Å². The molecule has 3 heterocycles. The highest BCUT2D eigenvalue weighted by Gasteiger charge is 2.65. The minimum absolute atomic E-state index is 0.249. The van der Waals surface area contributed by atoms with E-state index >= 15 is 0 Å². The summed E-state index contributed by atoms with van der Waals surface area (Å²) < 4.78 is 0. The van der Waals surface area contributed by atoms with E-state index in [0.717, 1.165) is 5.92 Å². The molecule has 3 aliphatic heterocycles. The van der Waals surface area contributed by atoms with E-state index in [1.165, 1.54) is 43.6 Å². The van der Waals surface area contributed by atoms with Crippen LogP contribution in [0.2, 0.25) is 0 Å². The van der Waals surface area contributed by atoms with Crippen LogP contribution in [0.3, 0.4) is 0 Å². The molecule has 6 atom stereocenters. The molecule has 1 spiro atoms. The van der Waals surface area contributed by atoms with Gasteiger partial charge in [-0.3, -0.25) is 4.90 Å². The molecule has 0 radical (unpaired) electrons. The molecule has 1 aromatic carbocycles. The third-order valence-corrected chi connectivity index (χ3v) is 7.43. The van der Waals surface area contributed by atoms with Crippen molar-refractivity contribution in [3.05, 3.63) is 29.8 Å². The molecule has 0 amide bonds. The van der Waals surface area contributed by atoms with E-state index in [9.17, 15) is 5.11 Å². The van der Waals surface area contributed by atoms with E-state index in [4.69, 9.17) is 0 Å². The van der Waals surface area contributed by atoms with Crippen LogP contribution in [0.5, 0.6) is 0 Å². The van der Waals surface area contributed by atoms with E-state index in [0.29, 0.717) is 30.5 Å². The fourth-order valence-corrected chi connectivity index (χ4v) is 6.53. The minimum atomic E-state index is 0.249. The van der Waals surface area contributed by atoms with Crippen LogP contribution < -0.4 is 5.32 Å². The molecular weight excluding hydrogens is 272 g/mol. The molecule has 2 N–H and O–H groups in total. The van der Waals surface area contributed by atoms with Crippen LogP contribution in [-0.4, -0.2) is 41.8 Å². The summed E-state index contributed by atoms with van der Waals surface area (Å²) in [4.78, 5) is 2.77. The smallest absolute Gasteiger partial charge is 0.0481 e. The zero-order valence-electron chi connectivity index (χ0n) is 13.3. The number of fused-ring (bicyclic) bond motifs is 2. The van der Waals surface area contributed by atoms with E-state index in [-0.39, 0.29) is 5.41 Å². The molecule has 3 nitrogen and oxygen atoms in total.